The van der Waals surface area contributed by atoms with Crippen LogP contribution in [0, 0.1) is 0 Å². The summed E-state index contributed by atoms with van der Waals surface area (Å²) in [6.45, 7) is 6.45. The van der Waals surface area contributed by atoms with Gasteiger partial charge in [-0.05, 0) is 38.1 Å². The third kappa shape index (κ3) is 5.37. The number of carbonyl (C=O) groups is 1. The number of piperidine rings is 1. The normalized spacial score (nSPS) is 17.6. The van der Waals surface area contributed by atoms with Crippen LogP contribution in [0.4, 0.5) is 11.6 Å². The van der Waals surface area contributed by atoms with Crippen molar-refractivity contribution in [1.29, 1.82) is 0 Å². The van der Waals surface area contributed by atoms with Gasteiger partial charge in [-0.15, -0.1) is 0 Å². The molecular weight excluding hydrogens is 416 g/mol. The first-order valence-electron chi connectivity index (χ1n) is 11.0. The lowest BCUT2D eigenvalue weighted by atomic mass is 10.1. The molecule has 0 atom stereocenters. The van der Waals surface area contributed by atoms with E-state index in [1.54, 1.807) is 0 Å². The summed E-state index contributed by atoms with van der Waals surface area (Å²) < 4.78 is 0. The smallest absolute Gasteiger partial charge is 0.265 e. The highest BCUT2D eigenvalue weighted by molar-refractivity contribution is 6.33. The fourth-order valence-corrected chi connectivity index (χ4v) is 4.44. The van der Waals surface area contributed by atoms with Crippen LogP contribution in [0.3, 0.4) is 0 Å². The Morgan fingerprint density at radius 2 is 1.74 bits per heavy atom. The quantitative estimate of drug-likeness (QED) is 0.708. The van der Waals surface area contributed by atoms with Gasteiger partial charge in [0.1, 0.15) is 5.56 Å². The van der Waals surface area contributed by atoms with Gasteiger partial charge in [0.2, 0.25) is 5.95 Å². The number of halogens is 1. The summed E-state index contributed by atoms with van der Waals surface area (Å²) in [6, 6.07) is 7.79. The maximum atomic E-state index is 12.5. The number of likely N-dealkylation sites (tertiary alicyclic amines) is 1. The van der Waals surface area contributed by atoms with Crippen LogP contribution < -0.4 is 20.7 Å². The molecule has 2 N–H and O–H groups in total. The predicted molar refractivity (Wildman–Crippen MR) is 123 cm³/mol. The molecule has 8 nitrogen and oxygen atoms in total. The summed E-state index contributed by atoms with van der Waals surface area (Å²) in [5.74, 6) is 0.120. The number of nitrogens with zero attached hydrogens (tertiary/aromatic N) is 4. The molecule has 4 rings (SSSR count). The molecule has 1 aromatic heterocycles. The van der Waals surface area contributed by atoms with Gasteiger partial charge in [0, 0.05) is 45.5 Å². The summed E-state index contributed by atoms with van der Waals surface area (Å²) in [7, 11) is 0. The summed E-state index contributed by atoms with van der Waals surface area (Å²) in [4.78, 5) is 38.6. The van der Waals surface area contributed by atoms with E-state index in [1.165, 1.54) is 25.5 Å². The minimum atomic E-state index is -0.408. The average Bonchev–Trinajstić information content (AvgIpc) is 2.80. The molecule has 166 valence electrons. The number of carbonyl (C=O) groups excluding carboxylic acids is 1. The van der Waals surface area contributed by atoms with Crippen LogP contribution in [0.15, 0.2) is 35.3 Å². The van der Waals surface area contributed by atoms with Gasteiger partial charge in [0.25, 0.3) is 11.5 Å². The van der Waals surface area contributed by atoms with Gasteiger partial charge < -0.3 is 20.0 Å². The SMILES string of the molecule is O=C(NCCN1CCCCC1)c1cnc(N2CCN(c3ccccc3Cl)CC2)[nH]c1=O. The van der Waals surface area contributed by atoms with Crippen molar-refractivity contribution < 1.29 is 4.79 Å². The highest BCUT2D eigenvalue weighted by Crippen LogP contribution is 2.26. The topological polar surface area (TPSA) is 84.6 Å². The molecule has 2 aromatic rings. The first kappa shape index (κ1) is 21.6. The third-order valence-corrected chi connectivity index (χ3v) is 6.28. The van der Waals surface area contributed by atoms with E-state index in [4.69, 9.17) is 11.6 Å². The summed E-state index contributed by atoms with van der Waals surface area (Å²) in [5.41, 5.74) is 0.660. The van der Waals surface area contributed by atoms with Gasteiger partial charge in [0.05, 0.1) is 10.7 Å². The van der Waals surface area contributed by atoms with Crippen LogP contribution in [0.25, 0.3) is 0 Å². The number of piperazine rings is 1. The number of aromatic nitrogens is 2. The van der Waals surface area contributed by atoms with Gasteiger partial charge in [-0.25, -0.2) is 4.98 Å². The summed E-state index contributed by atoms with van der Waals surface area (Å²) in [6.07, 6.45) is 5.09. The number of amides is 1. The molecule has 0 radical (unpaired) electrons. The van der Waals surface area contributed by atoms with E-state index >= 15 is 0 Å². The molecule has 3 heterocycles. The summed E-state index contributed by atoms with van der Waals surface area (Å²) >= 11 is 6.30. The van der Waals surface area contributed by atoms with Crippen LogP contribution in [0.1, 0.15) is 29.6 Å². The number of para-hydroxylation sites is 1. The van der Waals surface area contributed by atoms with Crippen molar-refractivity contribution in [2.45, 2.75) is 19.3 Å². The van der Waals surface area contributed by atoms with E-state index in [1.807, 2.05) is 29.2 Å². The van der Waals surface area contributed by atoms with Crippen molar-refractivity contribution in [3.63, 3.8) is 0 Å². The lowest BCUT2D eigenvalue weighted by Gasteiger charge is -2.36. The molecule has 2 fully saturated rings. The van der Waals surface area contributed by atoms with Crippen LogP contribution >= 0.6 is 11.6 Å². The van der Waals surface area contributed by atoms with E-state index in [0.29, 0.717) is 25.6 Å². The molecule has 0 saturated carbocycles. The van der Waals surface area contributed by atoms with Crippen LogP contribution in [-0.4, -0.2) is 73.1 Å². The van der Waals surface area contributed by atoms with Crippen molar-refractivity contribution in [3.8, 4) is 0 Å². The lowest BCUT2D eigenvalue weighted by molar-refractivity contribution is 0.0944. The molecule has 31 heavy (non-hydrogen) atoms. The van der Waals surface area contributed by atoms with Crippen molar-refractivity contribution in [1.82, 2.24) is 20.2 Å². The Morgan fingerprint density at radius 3 is 2.45 bits per heavy atom. The minimum Gasteiger partial charge on any atom is -0.367 e. The largest absolute Gasteiger partial charge is 0.367 e. The zero-order valence-corrected chi connectivity index (χ0v) is 18.4. The third-order valence-electron chi connectivity index (χ3n) is 5.97. The fourth-order valence-electron chi connectivity index (χ4n) is 4.18. The number of aromatic amines is 1. The molecule has 2 aliphatic rings. The molecule has 0 spiro atoms. The van der Waals surface area contributed by atoms with Crippen LogP contribution in [-0.2, 0) is 0 Å². The van der Waals surface area contributed by atoms with Crippen molar-refractivity contribution in [3.05, 3.63) is 51.4 Å². The van der Waals surface area contributed by atoms with Gasteiger partial charge in [0.15, 0.2) is 0 Å². The van der Waals surface area contributed by atoms with Crippen molar-refractivity contribution >= 4 is 29.1 Å². The van der Waals surface area contributed by atoms with E-state index in [0.717, 1.165) is 43.4 Å². The second kappa shape index (κ2) is 10.2. The fraction of sp³-hybridized carbons (Fsp3) is 0.500. The lowest BCUT2D eigenvalue weighted by Crippen LogP contribution is -2.47. The Kier molecular flexibility index (Phi) is 7.09. The van der Waals surface area contributed by atoms with Crippen molar-refractivity contribution in [2.75, 3.05) is 62.2 Å². The number of rotatable bonds is 6. The molecule has 0 unspecified atom stereocenters. The van der Waals surface area contributed by atoms with Crippen molar-refractivity contribution in [2.24, 2.45) is 0 Å². The Bertz CT molecular complexity index is 951. The second-order valence-electron chi connectivity index (χ2n) is 8.03. The monoisotopic (exact) mass is 444 g/mol. The molecule has 1 aromatic carbocycles. The van der Waals surface area contributed by atoms with E-state index < -0.39 is 5.56 Å². The predicted octanol–water partition coefficient (Wildman–Crippen LogP) is 1.97. The highest BCUT2D eigenvalue weighted by atomic mass is 35.5. The molecule has 2 saturated heterocycles. The Labute approximate surface area is 187 Å². The van der Waals surface area contributed by atoms with Gasteiger partial charge in [-0.2, -0.15) is 0 Å². The summed E-state index contributed by atoms with van der Waals surface area (Å²) in [5, 5.41) is 3.58. The second-order valence-corrected chi connectivity index (χ2v) is 8.44. The van der Waals surface area contributed by atoms with E-state index in [9.17, 15) is 9.59 Å². The zero-order chi connectivity index (χ0) is 21.6. The Morgan fingerprint density at radius 1 is 1.03 bits per heavy atom. The molecule has 0 aliphatic carbocycles. The van der Waals surface area contributed by atoms with E-state index in [2.05, 4.69) is 25.1 Å². The Balaban J connectivity index is 1.31. The maximum Gasteiger partial charge on any atom is 0.265 e. The molecule has 0 bridgehead atoms. The highest BCUT2D eigenvalue weighted by Gasteiger charge is 2.21. The minimum absolute atomic E-state index is 0.0529. The molecular formula is C22H29ClN6O2. The number of H-pyrrole nitrogens is 1. The zero-order valence-electron chi connectivity index (χ0n) is 17.6. The van der Waals surface area contributed by atoms with Gasteiger partial charge in [-0.3, -0.25) is 14.6 Å². The Hall–Kier alpha value is -2.58. The number of benzene rings is 1. The van der Waals surface area contributed by atoms with E-state index in [-0.39, 0.29) is 11.5 Å². The standard InChI is InChI=1S/C22H29ClN6O2/c23-18-6-2-3-7-19(18)28-12-14-29(15-13-28)22-25-16-17(21(31)26-22)20(30)24-8-11-27-9-4-1-5-10-27/h2-3,6-7,16H,1,4-5,8-15H2,(H,24,30)(H,25,26,31). The number of hydrogen-bond acceptors (Lipinski definition) is 6. The molecule has 1 amide bonds. The average molecular weight is 445 g/mol. The van der Waals surface area contributed by atoms with Crippen LogP contribution in [0.2, 0.25) is 5.02 Å². The molecule has 2 aliphatic heterocycles. The number of anilines is 2. The van der Waals surface area contributed by atoms with Gasteiger partial charge in [-0.1, -0.05) is 30.2 Å². The molecule has 9 heteroatoms. The first-order chi connectivity index (χ1) is 15.1. The van der Waals surface area contributed by atoms with Crippen LogP contribution in [0.5, 0.6) is 0 Å². The van der Waals surface area contributed by atoms with Gasteiger partial charge >= 0.3 is 0 Å². The number of hydrogen-bond donors (Lipinski definition) is 2. The first-order valence-corrected chi connectivity index (χ1v) is 11.3. The maximum absolute atomic E-state index is 12.5. The number of nitrogens with one attached hydrogen (secondary N) is 2.